The van der Waals surface area contributed by atoms with Crippen LogP contribution in [0, 0.1) is 0 Å². The minimum Gasteiger partial charge on any atom is -0.480 e. The maximum Gasteiger partial charge on any atom is 0.326 e. The third-order valence-corrected chi connectivity index (χ3v) is 3.08. The molecule has 4 amide bonds. The molecule has 130 valence electrons. The number of amides is 4. The van der Waals surface area contributed by atoms with Crippen molar-refractivity contribution in [1.29, 1.82) is 0 Å². The van der Waals surface area contributed by atoms with E-state index >= 15 is 0 Å². The summed E-state index contributed by atoms with van der Waals surface area (Å²) in [7, 11) is 0. The highest BCUT2D eigenvalue weighted by molar-refractivity contribution is 6.30. The van der Waals surface area contributed by atoms with Crippen LogP contribution >= 0.6 is 11.6 Å². The summed E-state index contributed by atoms with van der Waals surface area (Å²) in [6, 6.07) is 4.42. The molecule has 1 rings (SSSR count). The topological polar surface area (TPSA) is 151 Å². The van der Waals surface area contributed by atoms with E-state index in [1.54, 1.807) is 24.3 Å². The summed E-state index contributed by atoms with van der Waals surface area (Å²) >= 11 is 5.71. The number of primary amides is 1. The van der Waals surface area contributed by atoms with Crippen LogP contribution < -0.4 is 21.7 Å². The highest BCUT2D eigenvalue weighted by Crippen LogP contribution is 2.12. The lowest BCUT2D eigenvalue weighted by Gasteiger charge is -2.14. The number of urea groups is 1. The Kier molecular flexibility index (Phi) is 7.50. The summed E-state index contributed by atoms with van der Waals surface area (Å²) in [6.07, 6.45) is -0.310. The van der Waals surface area contributed by atoms with Gasteiger partial charge in [-0.1, -0.05) is 11.6 Å². The molecule has 0 fully saturated rings. The van der Waals surface area contributed by atoms with Crippen LogP contribution in [0.5, 0.6) is 0 Å². The standard InChI is InChI=1S/C14H17ClN4O5/c15-8-1-3-9(4-2-8)18-14(24)17-7-12(21)19-10(13(22)23)5-6-11(16)20/h1-4,10H,5-7H2,(H2,16,20)(H,19,21)(H,22,23)(H2,17,18,24)/t10-/m1/s1. The molecule has 0 aliphatic carbocycles. The quantitative estimate of drug-likeness (QED) is 0.453. The summed E-state index contributed by atoms with van der Waals surface area (Å²) < 4.78 is 0. The lowest BCUT2D eigenvalue weighted by atomic mass is 10.1. The Balaban J connectivity index is 2.40. The molecule has 0 spiro atoms. The van der Waals surface area contributed by atoms with Gasteiger partial charge < -0.3 is 26.8 Å². The zero-order chi connectivity index (χ0) is 18.1. The normalized spacial score (nSPS) is 11.2. The van der Waals surface area contributed by atoms with Gasteiger partial charge in [0.05, 0.1) is 6.54 Å². The molecule has 0 aromatic heterocycles. The van der Waals surface area contributed by atoms with Crippen molar-refractivity contribution in [2.45, 2.75) is 18.9 Å². The van der Waals surface area contributed by atoms with Crippen molar-refractivity contribution in [3.8, 4) is 0 Å². The van der Waals surface area contributed by atoms with Crippen molar-refractivity contribution in [3.63, 3.8) is 0 Å². The fourth-order valence-electron chi connectivity index (χ4n) is 1.66. The number of carboxylic acids is 1. The number of halogens is 1. The van der Waals surface area contributed by atoms with Gasteiger partial charge >= 0.3 is 12.0 Å². The number of anilines is 1. The lowest BCUT2D eigenvalue weighted by Crippen LogP contribution is -2.46. The number of nitrogens with one attached hydrogen (secondary N) is 3. The van der Waals surface area contributed by atoms with Crippen molar-refractivity contribution < 1.29 is 24.3 Å². The number of hydrogen-bond acceptors (Lipinski definition) is 4. The highest BCUT2D eigenvalue weighted by atomic mass is 35.5. The van der Waals surface area contributed by atoms with Gasteiger partial charge in [0.15, 0.2) is 0 Å². The van der Waals surface area contributed by atoms with Gasteiger partial charge in [0.1, 0.15) is 6.04 Å². The first-order valence-electron chi connectivity index (χ1n) is 6.89. The largest absolute Gasteiger partial charge is 0.480 e. The number of aliphatic carboxylic acids is 1. The monoisotopic (exact) mass is 356 g/mol. The van der Waals surface area contributed by atoms with Gasteiger partial charge in [-0.25, -0.2) is 9.59 Å². The smallest absolute Gasteiger partial charge is 0.326 e. The molecular formula is C14H17ClN4O5. The molecule has 0 radical (unpaired) electrons. The van der Waals surface area contributed by atoms with Crippen molar-refractivity contribution >= 4 is 41.1 Å². The van der Waals surface area contributed by atoms with Gasteiger partial charge in [0.25, 0.3) is 0 Å². The average Bonchev–Trinajstić information content (AvgIpc) is 2.51. The van der Waals surface area contributed by atoms with E-state index in [0.717, 1.165) is 0 Å². The fourth-order valence-corrected chi connectivity index (χ4v) is 1.78. The van der Waals surface area contributed by atoms with Crippen LogP contribution in [0.4, 0.5) is 10.5 Å². The summed E-state index contributed by atoms with van der Waals surface area (Å²) in [6.45, 7) is -0.431. The minimum atomic E-state index is -1.30. The molecule has 0 aliphatic rings. The van der Waals surface area contributed by atoms with Crippen LogP contribution in [0.15, 0.2) is 24.3 Å². The Bertz CT molecular complexity index is 620. The second kappa shape index (κ2) is 9.36. The molecule has 1 atom stereocenters. The van der Waals surface area contributed by atoms with Crippen LogP contribution in [0.25, 0.3) is 0 Å². The van der Waals surface area contributed by atoms with E-state index in [2.05, 4.69) is 16.0 Å². The van der Waals surface area contributed by atoms with E-state index in [4.69, 9.17) is 22.4 Å². The Morgan fingerprint density at radius 2 is 1.79 bits per heavy atom. The van der Waals surface area contributed by atoms with E-state index in [9.17, 15) is 19.2 Å². The first kappa shape index (κ1) is 19.2. The molecule has 0 saturated carbocycles. The molecule has 1 aromatic carbocycles. The average molecular weight is 357 g/mol. The van der Waals surface area contributed by atoms with E-state index in [1.807, 2.05) is 0 Å². The molecule has 1 aromatic rings. The number of carbonyl (C=O) groups excluding carboxylic acids is 3. The van der Waals surface area contributed by atoms with Crippen molar-refractivity contribution in [3.05, 3.63) is 29.3 Å². The molecule has 24 heavy (non-hydrogen) atoms. The molecule has 0 saturated heterocycles. The van der Waals surface area contributed by atoms with Crippen molar-refractivity contribution in [2.75, 3.05) is 11.9 Å². The predicted molar refractivity (Wildman–Crippen MR) is 86.5 cm³/mol. The minimum absolute atomic E-state index is 0.132. The summed E-state index contributed by atoms with van der Waals surface area (Å²) in [5, 5.41) is 16.4. The zero-order valence-electron chi connectivity index (χ0n) is 12.5. The SMILES string of the molecule is NC(=O)CC[C@@H](NC(=O)CNC(=O)Nc1ccc(Cl)cc1)C(=O)O. The van der Waals surface area contributed by atoms with Crippen LogP contribution in [0.2, 0.25) is 5.02 Å². The fraction of sp³-hybridized carbons (Fsp3) is 0.286. The summed E-state index contributed by atoms with van der Waals surface area (Å²) in [5.74, 6) is -2.68. The highest BCUT2D eigenvalue weighted by Gasteiger charge is 2.20. The maximum absolute atomic E-state index is 11.7. The number of carbonyl (C=O) groups is 4. The van der Waals surface area contributed by atoms with Gasteiger partial charge in [-0.3, -0.25) is 9.59 Å². The molecular weight excluding hydrogens is 340 g/mol. The molecule has 0 unspecified atom stereocenters. The number of benzene rings is 1. The molecule has 10 heteroatoms. The lowest BCUT2D eigenvalue weighted by molar-refractivity contribution is -0.142. The Labute approximate surface area is 142 Å². The molecule has 0 aliphatic heterocycles. The Morgan fingerprint density at radius 1 is 1.17 bits per heavy atom. The van der Waals surface area contributed by atoms with E-state index in [0.29, 0.717) is 10.7 Å². The van der Waals surface area contributed by atoms with Crippen LogP contribution in [-0.2, 0) is 14.4 Å². The first-order chi connectivity index (χ1) is 11.3. The Morgan fingerprint density at radius 3 is 2.33 bits per heavy atom. The molecule has 6 N–H and O–H groups in total. The second-order valence-electron chi connectivity index (χ2n) is 4.78. The first-order valence-corrected chi connectivity index (χ1v) is 7.26. The van der Waals surface area contributed by atoms with Crippen molar-refractivity contribution in [2.24, 2.45) is 5.73 Å². The van der Waals surface area contributed by atoms with Crippen LogP contribution in [0.3, 0.4) is 0 Å². The summed E-state index contributed by atoms with van der Waals surface area (Å²) in [5.41, 5.74) is 5.41. The van der Waals surface area contributed by atoms with E-state index < -0.39 is 36.4 Å². The molecule has 0 heterocycles. The third kappa shape index (κ3) is 7.45. The van der Waals surface area contributed by atoms with Gasteiger partial charge in [0.2, 0.25) is 11.8 Å². The van der Waals surface area contributed by atoms with Gasteiger partial charge in [-0.05, 0) is 30.7 Å². The number of carboxylic acid groups (broad SMARTS) is 1. The predicted octanol–water partition coefficient (Wildman–Crippen LogP) is 0.296. The third-order valence-electron chi connectivity index (χ3n) is 2.82. The van der Waals surface area contributed by atoms with Gasteiger partial charge in [0, 0.05) is 17.1 Å². The zero-order valence-corrected chi connectivity index (χ0v) is 13.3. The van der Waals surface area contributed by atoms with E-state index in [1.165, 1.54) is 0 Å². The van der Waals surface area contributed by atoms with Gasteiger partial charge in [-0.15, -0.1) is 0 Å². The maximum atomic E-state index is 11.7. The van der Waals surface area contributed by atoms with E-state index in [-0.39, 0.29) is 12.8 Å². The summed E-state index contributed by atoms with van der Waals surface area (Å²) in [4.78, 5) is 44.9. The van der Waals surface area contributed by atoms with Crippen LogP contribution in [0.1, 0.15) is 12.8 Å². The van der Waals surface area contributed by atoms with Gasteiger partial charge in [-0.2, -0.15) is 0 Å². The van der Waals surface area contributed by atoms with Crippen LogP contribution in [-0.4, -0.2) is 41.5 Å². The number of hydrogen-bond donors (Lipinski definition) is 5. The van der Waals surface area contributed by atoms with Crippen molar-refractivity contribution in [1.82, 2.24) is 10.6 Å². The number of nitrogens with two attached hydrogens (primary N) is 1. The number of rotatable bonds is 8. The molecule has 9 nitrogen and oxygen atoms in total. The molecule has 0 bridgehead atoms. The Hall–Kier alpha value is -2.81. The second-order valence-corrected chi connectivity index (χ2v) is 5.21.